The summed E-state index contributed by atoms with van der Waals surface area (Å²) in [4.78, 5) is 4.18. The first kappa shape index (κ1) is 13.4. The van der Waals surface area contributed by atoms with Gasteiger partial charge in [-0.1, -0.05) is 12.2 Å². The minimum Gasteiger partial charge on any atom is -0.377 e. The van der Waals surface area contributed by atoms with Crippen LogP contribution in [0.4, 0.5) is 0 Å². The Balaban J connectivity index is 2.69. The van der Waals surface area contributed by atoms with E-state index in [0.29, 0.717) is 5.69 Å². The summed E-state index contributed by atoms with van der Waals surface area (Å²) in [5.41, 5.74) is 1.66. The largest absolute Gasteiger partial charge is 0.377 e. The fourth-order valence-corrected chi connectivity index (χ4v) is 1.68. The molecule has 17 heavy (non-hydrogen) atoms. The molecule has 0 saturated carbocycles. The molecule has 5 nitrogen and oxygen atoms in total. The molecule has 0 aliphatic rings. The highest BCUT2D eigenvalue weighted by molar-refractivity contribution is 5.95. The van der Waals surface area contributed by atoms with Gasteiger partial charge in [-0.25, -0.2) is 4.98 Å². The van der Waals surface area contributed by atoms with E-state index < -0.39 is 0 Å². The zero-order valence-electron chi connectivity index (χ0n) is 10.4. The van der Waals surface area contributed by atoms with E-state index in [4.69, 9.17) is 10.5 Å². The van der Waals surface area contributed by atoms with Gasteiger partial charge in [-0.15, -0.1) is 0 Å². The van der Waals surface area contributed by atoms with Crippen LogP contribution in [0.2, 0.25) is 0 Å². The summed E-state index contributed by atoms with van der Waals surface area (Å²) in [6, 6.07) is 0. The summed E-state index contributed by atoms with van der Waals surface area (Å²) in [6.45, 7) is 1.77. The maximum Gasteiger partial charge on any atom is 0.148 e. The van der Waals surface area contributed by atoms with E-state index in [1.54, 1.807) is 6.33 Å². The number of hydrogen-bond donors (Lipinski definition) is 3. The van der Waals surface area contributed by atoms with Crippen LogP contribution in [0.3, 0.4) is 0 Å². The molecule has 0 unspecified atom stereocenters. The van der Waals surface area contributed by atoms with Crippen molar-refractivity contribution in [3.8, 4) is 0 Å². The average Bonchev–Trinajstić information content (AvgIpc) is 2.67. The summed E-state index contributed by atoms with van der Waals surface area (Å²) in [7, 11) is 1.92. The van der Waals surface area contributed by atoms with Crippen molar-refractivity contribution in [1.82, 2.24) is 14.9 Å². The topological polar surface area (TPSA) is 73.9 Å². The molecule has 3 N–H and O–H groups in total. The third-order valence-electron chi connectivity index (χ3n) is 2.57. The molecule has 0 aliphatic carbocycles. The predicted molar refractivity (Wildman–Crippen MR) is 68.0 cm³/mol. The molecule has 1 heterocycles. The van der Waals surface area contributed by atoms with Crippen molar-refractivity contribution in [2.45, 2.75) is 26.2 Å². The Morgan fingerprint density at radius 3 is 3.06 bits per heavy atom. The third-order valence-corrected chi connectivity index (χ3v) is 2.57. The van der Waals surface area contributed by atoms with E-state index in [1.165, 1.54) is 0 Å². The van der Waals surface area contributed by atoms with Crippen LogP contribution >= 0.6 is 0 Å². The van der Waals surface area contributed by atoms with E-state index in [1.807, 2.05) is 24.6 Å². The molecule has 0 bridgehead atoms. The number of aryl methyl sites for hydroxylation is 1. The van der Waals surface area contributed by atoms with Gasteiger partial charge in [0.05, 0.1) is 6.33 Å². The van der Waals surface area contributed by atoms with Crippen molar-refractivity contribution in [3.05, 3.63) is 29.9 Å². The number of nitrogens with one attached hydrogen (secondary N) is 2. The van der Waals surface area contributed by atoms with Crippen LogP contribution in [0.5, 0.6) is 0 Å². The van der Waals surface area contributed by atoms with Crippen LogP contribution in [0.15, 0.2) is 18.5 Å². The van der Waals surface area contributed by atoms with Crippen LogP contribution < -0.4 is 5.32 Å². The van der Waals surface area contributed by atoms with E-state index in [-0.39, 0.29) is 12.6 Å². The van der Waals surface area contributed by atoms with Gasteiger partial charge in [-0.3, -0.25) is 5.41 Å². The second kappa shape index (κ2) is 6.85. The molecule has 5 heteroatoms. The molecule has 1 rings (SSSR count). The highest BCUT2D eigenvalue weighted by atomic mass is 16.3. The lowest BCUT2D eigenvalue weighted by atomic mass is 10.1. The fourth-order valence-electron chi connectivity index (χ4n) is 1.68. The van der Waals surface area contributed by atoms with Gasteiger partial charge < -0.3 is 15.0 Å². The van der Waals surface area contributed by atoms with Gasteiger partial charge in [0.25, 0.3) is 0 Å². The van der Waals surface area contributed by atoms with Gasteiger partial charge in [-0.05, 0) is 26.2 Å². The summed E-state index contributed by atoms with van der Waals surface area (Å²) in [5, 5.41) is 19.1. The first-order valence-electron chi connectivity index (χ1n) is 5.75. The lowest BCUT2D eigenvalue weighted by molar-refractivity contribution is 0.286. The average molecular weight is 236 g/mol. The van der Waals surface area contributed by atoms with Gasteiger partial charge in [0.15, 0.2) is 0 Å². The van der Waals surface area contributed by atoms with Crippen molar-refractivity contribution in [3.63, 3.8) is 0 Å². The fraction of sp³-hybridized carbons (Fsp3) is 0.500. The van der Waals surface area contributed by atoms with Gasteiger partial charge in [0.1, 0.15) is 18.3 Å². The van der Waals surface area contributed by atoms with Crippen molar-refractivity contribution in [2.75, 3.05) is 6.73 Å². The summed E-state index contributed by atoms with van der Waals surface area (Å²) in [5.74, 6) is 0.175. The standard InChI is InChI=1S/C12H20N4O/c1-3-4-5-6-7-10-11(12(13)15-9-17)14-8-16(10)2/h3-4,8,17H,5-7,9H2,1-2H3,(H2,13,15)/b4-3+. The minimum atomic E-state index is -0.243. The maximum atomic E-state index is 8.75. The first-order chi connectivity index (χ1) is 8.20. The van der Waals surface area contributed by atoms with E-state index in [0.717, 1.165) is 25.0 Å². The SMILES string of the molecule is C/C=C/CCCc1c(C(=N)NCO)ncn1C. The minimum absolute atomic E-state index is 0.175. The molecule has 94 valence electrons. The molecular formula is C12H20N4O. The molecule has 0 amide bonds. The Morgan fingerprint density at radius 1 is 1.65 bits per heavy atom. The number of hydrogen-bond acceptors (Lipinski definition) is 3. The molecule has 1 aromatic heterocycles. The molecule has 0 spiro atoms. The zero-order valence-corrected chi connectivity index (χ0v) is 10.4. The maximum absolute atomic E-state index is 8.75. The predicted octanol–water partition coefficient (Wildman–Crippen LogP) is 1.18. The Kier molecular flexibility index (Phi) is 5.42. The van der Waals surface area contributed by atoms with Crippen molar-refractivity contribution >= 4 is 5.84 Å². The van der Waals surface area contributed by atoms with Crippen LogP contribution in [0.1, 0.15) is 31.2 Å². The molecule has 0 aromatic carbocycles. The van der Waals surface area contributed by atoms with Gasteiger partial charge in [-0.2, -0.15) is 0 Å². The summed E-state index contributed by atoms with van der Waals surface area (Å²) < 4.78 is 1.93. The van der Waals surface area contributed by atoms with Gasteiger partial charge in [0.2, 0.25) is 0 Å². The summed E-state index contributed by atoms with van der Waals surface area (Å²) >= 11 is 0. The quantitative estimate of drug-likeness (QED) is 0.228. The smallest absolute Gasteiger partial charge is 0.148 e. The number of imidazole rings is 1. The molecule has 0 atom stereocenters. The zero-order chi connectivity index (χ0) is 12.7. The van der Waals surface area contributed by atoms with Crippen molar-refractivity contribution in [2.24, 2.45) is 7.05 Å². The first-order valence-corrected chi connectivity index (χ1v) is 5.75. The number of allylic oxidation sites excluding steroid dienone is 2. The second-order valence-electron chi connectivity index (χ2n) is 3.82. The monoisotopic (exact) mass is 236 g/mol. The number of rotatable bonds is 6. The van der Waals surface area contributed by atoms with Crippen LogP contribution in [0.25, 0.3) is 0 Å². The number of aliphatic hydroxyl groups is 1. The van der Waals surface area contributed by atoms with Gasteiger partial charge >= 0.3 is 0 Å². The molecule has 0 radical (unpaired) electrons. The molecule has 1 aromatic rings. The van der Waals surface area contributed by atoms with E-state index >= 15 is 0 Å². The van der Waals surface area contributed by atoms with Crippen molar-refractivity contribution < 1.29 is 5.11 Å². The van der Waals surface area contributed by atoms with Gasteiger partial charge in [0, 0.05) is 12.7 Å². The normalized spacial score (nSPS) is 11.0. The number of amidine groups is 1. The van der Waals surface area contributed by atoms with Crippen LogP contribution in [-0.4, -0.2) is 27.2 Å². The van der Waals surface area contributed by atoms with Crippen LogP contribution in [-0.2, 0) is 13.5 Å². The molecule has 0 fully saturated rings. The Morgan fingerprint density at radius 2 is 2.41 bits per heavy atom. The van der Waals surface area contributed by atoms with Crippen LogP contribution in [0, 0.1) is 5.41 Å². The Hall–Kier alpha value is -1.62. The Labute approximate surface area is 102 Å². The highest BCUT2D eigenvalue weighted by Crippen LogP contribution is 2.10. The van der Waals surface area contributed by atoms with Crippen molar-refractivity contribution in [1.29, 1.82) is 5.41 Å². The van der Waals surface area contributed by atoms with E-state index in [9.17, 15) is 0 Å². The number of aromatic nitrogens is 2. The molecule has 0 aliphatic heterocycles. The second-order valence-corrected chi connectivity index (χ2v) is 3.82. The number of aliphatic hydroxyl groups excluding tert-OH is 1. The Bertz CT molecular complexity index is 395. The lowest BCUT2D eigenvalue weighted by Gasteiger charge is -2.07. The van der Waals surface area contributed by atoms with E-state index in [2.05, 4.69) is 16.4 Å². The third kappa shape index (κ3) is 3.71. The number of nitrogens with zero attached hydrogens (tertiary/aromatic N) is 2. The molecule has 0 saturated heterocycles. The highest BCUT2D eigenvalue weighted by Gasteiger charge is 2.12. The molecular weight excluding hydrogens is 216 g/mol. The lowest BCUT2D eigenvalue weighted by Crippen LogP contribution is -2.25. The summed E-state index contributed by atoms with van der Waals surface area (Å²) in [6.07, 6.45) is 8.82. The number of unbranched alkanes of at least 4 members (excludes halogenated alkanes) is 1.